The summed E-state index contributed by atoms with van der Waals surface area (Å²) in [7, 11) is 1.34. The van der Waals surface area contributed by atoms with Crippen LogP contribution in [-0.4, -0.2) is 24.3 Å². The maximum atomic E-state index is 10.9. The van der Waals surface area contributed by atoms with E-state index in [1.54, 1.807) is 6.92 Å². The van der Waals surface area contributed by atoms with E-state index in [1.165, 1.54) is 7.11 Å². The highest BCUT2D eigenvalue weighted by Gasteiger charge is 2.21. The molecule has 0 aliphatic carbocycles. The second-order valence-electron chi connectivity index (χ2n) is 3.02. The second kappa shape index (κ2) is 6.00. The summed E-state index contributed by atoms with van der Waals surface area (Å²) in [6.45, 7) is 3.74. The molecule has 0 unspecified atom stereocenters. The van der Waals surface area contributed by atoms with Crippen LogP contribution in [-0.2, 0) is 9.53 Å². The van der Waals surface area contributed by atoms with Crippen molar-refractivity contribution in [2.75, 3.05) is 7.11 Å². The number of aliphatic hydroxyl groups is 1. The number of rotatable bonds is 5. The molecule has 3 heteroatoms. The smallest absolute Gasteiger partial charge is 0.311 e. The Bertz CT molecular complexity index is 134. The maximum absolute atomic E-state index is 10.9. The van der Waals surface area contributed by atoms with Gasteiger partial charge in [-0.05, 0) is 13.3 Å². The Kier molecular flexibility index (Phi) is 5.72. The van der Waals surface area contributed by atoms with Crippen LogP contribution >= 0.6 is 0 Å². The van der Waals surface area contributed by atoms with Gasteiger partial charge in [-0.2, -0.15) is 0 Å². The number of methoxy groups -OCH3 is 1. The molecule has 0 amide bonds. The summed E-state index contributed by atoms with van der Waals surface area (Å²) in [6, 6.07) is 0. The second-order valence-corrected chi connectivity index (χ2v) is 3.02. The fourth-order valence-electron chi connectivity index (χ4n) is 1.01. The third-order valence-corrected chi connectivity index (χ3v) is 2.00. The highest BCUT2D eigenvalue weighted by molar-refractivity contribution is 5.72. The van der Waals surface area contributed by atoms with Gasteiger partial charge in [0.2, 0.25) is 0 Å². The zero-order chi connectivity index (χ0) is 9.56. The first kappa shape index (κ1) is 11.4. The number of aliphatic hydroxyl groups excluding tert-OH is 1. The number of ether oxygens (including phenoxy) is 1. The Labute approximate surface area is 73.7 Å². The third kappa shape index (κ3) is 3.72. The Hall–Kier alpha value is -0.570. The van der Waals surface area contributed by atoms with Crippen molar-refractivity contribution in [2.45, 2.75) is 39.2 Å². The van der Waals surface area contributed by atoms with E-state index in [-0.39, 0.29) is 5.97 Å². The molecule has 0 saturated heterocycles. The number of esters is 1. The van der Waals surface area contributed by atoms with Gasteiger partial charge >= 0.3 is 5.97 Å². The van der Waals surface area contributed by atoms with Gasteiger partial charge in [0.05, 0.1) is 19.1 Å². The zero-order valence-electron chi connectivity index (χ0n) is 8.04. The fraction of sp³-hybridized carbons (Fsp3) is 0.889. The number of carbonyl (C=O) groups is 1. The van der Waals surface area contributed by atoms with Gasteiger partial charge in [-0.3, -0.25) is 4.79 Å². The monoisotopic (exact) mass is 174 g/mol. The molecular formula is C9H18O3. The minimum Gasteiger partial charge on any atom is -0.469 e. The largest absolute Gasteiger partial charge is 0.469 e. The topological polar surface area (TPSA) is 46.5 Å². The normalized spacial score (nSPS) is 15.3. The van der Waals surface area contributed by atoms with Crippen molar-refractivity contribution < 1.29 is 14.6 Å². The molecule has 0 spiro atoms. The molecule has 3 nitrogen and oxygen atoms in total. The molecule has 12 heavy (non-hydrogen) atoms. The molecule has 0 bridgehead atoms. The molecular weight excluding hydrogens is 156 g/mol. The molecule has 0 aromatic heterocycles. The molecule has 0 aliphatic rings. The van der Waals surface area contributed by atoms with E-state index >= 15 is 0 Å². The van der Waals surface area contributed by atoms with Crippen molar-refractivity contribution in [3.8, 4) is 0 Å². The van der Waals surface area contributed by atoms with Crippen molar-refractivity contribution in [3.63, 3.8) is 0 Å². The lowest BCUT2D eigenvalue weighted by Gasteiger charge is -2.15. The minimum atomic E-state index is -0.558. The summed E-state index contributed by atoms with van der Waals surface area (Å²) in [4.78, 5) is 10.9. The SMILES string of the molecule is CCCC[C@H](O)[C@H](C)C(=O)OC. The summed E-state index contributed by atoms with van der Waals surface area (Å²) in [6.07, 6.45) is 2.10. The third-order valence-electron chi connectivity index (χ3n) is 2.00. The van der Waals surface area contributed by atoms with E-state index in [2.05, 4.69) is 11.7 Å². The van der Waals surface area contributed by atoms with Crippen LogP contribution in [0.25, 0.3) is 0 Å². The van der Waals surface area contributed by atoms with E-state index in [0.29, 0.717) is 6.42 Å². The average molecular weight is 174 g/mol. The van der Waals surface area contributed by atoms with Crippen LogP contribution in [0.2, 0.25) is 0 Å². The first-order valence-corrected chi connectivity index (χ1v) is 4.39. The lowest BCUT2D eigenvalue weighted by atomic mass is 10.00. The van der Waals surface area contributed by atoms with Crippen LogP contribution < -0.4 is 0 Å². The minimum absolute atomic E-state index is 0.335. The van der Waals surface area contributed by atoms with Crippen LogP contribution in [0.3, 0.4) is 0 Å². The number of unbranched alkanes of at least 4 members (excludes halogenated alkanes) is 1. The van der Waals surface area contributed by atoms with Gasteiger partial charge in [-0.1, -0.05) is 19.8 Å². The lowest BCUT2D eigenvalue weighted by Crippen LogP contribution is -2.26. The van der Waals surface area contributed by atoms with Gasteiger partial charge in [0, 0.05) is 0 Å². The van der Waals surface area contributed by atoms with Crippen molar-refractivity contribution in [2.24, 2.45) is 5.92 Å². The predicted octanol–water partition coefficient (Wildman–Crippen LogP) is 1.35. The number of carbonyl (C=O) groups excluding carboxylic acids is 1. The summed E-state index contributed by atoms with van der Waals surface area (Å²) in [5.41, 5.74) is 0. The standard InChI is InChI=1S/C9H18O3/c1-4-5-6-8(10)7(2)9(11)12-3/h7-8,10H,4-6H2,1-3H3/t7-,8-/m0/s1. The van der Waals surface area contributed by atoms with Gasteiger partial charge < -0.3 is 9.84 Å². The van der Waals surface area contributed by atoms with Crippen LogP contribution in [0.15, 0.2) is 0 Å². The van der Waals surface area contributed by atoms with E-state index in [0.717, 1.165) is 12.8 Å². The van der Waals surface area contributed by atoms with Crippen LogP contribution in [0.5, 0.6) is 0 Å². The Morgan fingerprint density at radius 3 is 2.58 bits per heavy atom. The average Bonchev–Trinajstić information content (AvgIpc) is 2.11. The van der Waals surface area contributed by atoms with Crippen LogP contribution in [0.1, 0.15) is 33.1 Å². The van der Waals surface area contributed by atoms with Crippen LogP contribution in [0.4, 0.5) is 0 Å². The highest BCUT2D eigenvalue weighted by atomic mass is 16.5. The van der Waals surface area contributed by atoms with E-state index < -0.39 is 12.0 Å². The van der Waals surface area contributed by atoms with Crippen molar-refractivity contribution in [1.82, 2.24) is 0 Å². The van der Waals surface area contributed by atoms with E-state index in [9.17, 15) is 9.90 Å². The summed E-state index contributed by atoms with van der Waals surface area (Å²) >= 11 is 0. The molecule has 72 valence electrons. The molecule has 0 heterocycles. The van der Waals surface area contributed by atoms with E-state index in [1.807, 2.05) is 0 Å². The Morgan fingerprint density at radius 1 is 1.58 bits per heavy atom. The molecule has 1 N–H and O–H groups in total. The first-order chi connectivity index (χ1) is 5.63. The van der Waals surface area contributed by atoms with Gasteiger partial charge in [0.15, 0.2) is 0 Å². The van der Waals surface area contributed by atoms with Crippen molar-refractivity contribution >= 4 is 5.97 Å². The van der Waals surface area contributed by atoms with Gasteiger partial charge in [0.25, 0.3) is 0 Å². The van der Waals surface area contributed by atoms with Crippen molar-refractivity contribution in [3.05, 3.63) is 0 Å². The molecule has 0 saturated carbocycles. The van der Waals surface area contributed by atoms with Gasteiger partial charge in [0.1, 0.15) is 0 Å². The van der Waals surface area contributed by atoms with Crippen LogP contribution in [0, 0.1) is 5.92 Å². The molecule has 0 radical (unpaired) electrons. The lowest BCUT2D eigenvalue weighted by molar-refractivity contribution is -0.148. The highest BCUT2D eigenvalue weighted by Crippen LogP contribution is 2.11. The quantitative estimate of drug-likeness (QED) is 0.640. The molecule has 0 aromatic rings. The molecule has 0 fully saturated rings. The molecule has 2 atom stereocenters. The summed E-state index contributed by atoms with van der Waals surface area (Å²) < 4.78 is 4.51. The van der Waals surface area contributed by atoms with Gasteiger partial charge in [-0.15, -0.1) is 0 Å². The maximum Gasteiger partial charge on any atom is 0.311 e. The fourth-order valence-corrected chi connectivity index (χ4v) is 1.01. The molecule has 0 rings (SSSR count). The predicted molar refractivity (Wildman–Crippen MR) is 46.7 cm³/mol. The van der Waals surface area contributed by atoms with E-state index in [4.69, 9.17) is 0 Å². The summed E-state index contributed by atoms with van der Waals surface area (Å²) in [5, 5.41) is 9.45. The van der Waals surface area contributed by atoms with Crippen molar-refractivity contribution in [1.29, 1.82) is 0 Å². The number of hydrogen-bond donors (Lipinski definition) is 1. The Morgan fingerprint density at radius 2 is 2.17 bits per heavy atom. The Balaban J connectivity index is 3.75. The zero-order valence-corrected chi connectivity index (χ0v) is 8.04. The summed E-state index contributed by atoms with van der Waals surface area (Å²) in [5.74, 6) is -0.736. The van der Waals surface area contributed by atoms with Gasteiger partial charge in [-0.25, -0.2) is 0 Å². The molecule has 0 aliphatic heterocycles. The molecule has 0 aromatic carbocycles. The number of hydrogen-bond acceptors (Lipinski definition) is 3. The first-order valence-electron chi connectivity index (χ1n) is 4.39.